The number of imidazole rings is 1. The lowest BCUT2D eigenvalue weighted by molar-refractivity contribution is -0.142. The van der Waals surface area contributed by atoms with Crippen LogP contribution in [0.5, 0.6) is 0 Å². The molecule has 118 valence electrons. The number of hydrogen-bond acceptors (Lipinski definition) is 6. The van der Waals surface area contributed by atoms with E-state index in [1.165, 1.54) is 6.20 Å². The number of aromatic nitrogens is 2. The molecule has 0 saturated carbocycles. The van der Waals surface area contributed by atoms with E-state index < -0.39 is 34.8 Å². The zero-order valence-corrected chi connectivity index (χ0v) is 12.5. The summed E-state index contributed by atoms with van der Waals surface area (Å²) >= 11 is 0. The molecule has 0 aliphatic carbocycles. The average Bonchev–Trinajstić information content (AvgIpc) is 2.83. The Kier molecular flexibility index (Phi) is 6.00. The Morgan fingerprint density at radius 3 is 2.52 bits per heavy atom. The summed E-state index contributed by atoms with van der Waals surface area (Å²) < 4.78 is 11.9. The molecule has 1 rings (SSSR count). The summed E-state index contributed by atoms with van der Waals surface area (Å²) in [5, 5.41) is 17.8. The van der Waals surface area contributed by atoms with E-state index in [2.05, 4.69) is 9.97 Å². The first-order chi connectivity index (χ1) is 9.72. The SMILES string of the molecule is CN(C)[C@@H](Cc1cnc(S(=O)C[C@H](N)C(=O)O)[nH]1)C(=O)O. The second-order valence-electron chi connectivity index (χ2n) is 4.69. The first-order valence-corrected chi connectivity index (χ1v) is 7.34. The Morgan fingerprint density at radius 2 is 2.05 bits per heavy atom. The Balaban J connectivity index is 2.74. The minimum Gasteiger partial charge on any atom is -0.480 e. The predicted molar refractivity (Wildman–Crippen MR) is 74.3 cm³/mol. The van der Waals surface area contributed by atoms with E-state index in [0.717, 1.165) is 0 Å². The summed E-state index contributed by atoms with van der Waals surface area (Å²) in [6, 6.07) is -1.99. The Labute approximate surface area is 123 Å². The van der Waals surface area contributed by atoms with Gasteiger partial charge in [-0.05, 0) is 14.1 Å². The van der Waals surface area contributed by atoms with Gasteiger partial charge < -0.3 is 20.9 Å². The van der Waals surface area contributed by atoms with E-state index in [1.807, 2.05) is 0 Å². The average molecular weight is 318 g/mol. The monoisotopic (exact) mass is 318 g/mol. The molecule has 0 fully saturated rings. The van der Waals surface area contributed by atoms with Gasteiger partial charge in [-0.1, -0.05) is 0 Å². The molecule has 21 heavy (non-hydrogen) atoms. The molecule has 1 aromatic heterocycles. The van der Waals surface area contributed by atoms with E-state index in [4.69, 9.17) is 15.9 Å². The van der Waals surface area contributed by atoms with Crippen LogP contribution in [0.4, 0.5) is 0 Å². The third kappa shape index (κ3) is 4.92. The lowest BCUT2D eigenvalue weighted by Gasteiger charge is -2.18. The molecule has 1 unspecified atom stereocenters. The maximum absolute atomic E-state index is 11.9. The van der Waals surface area contributed by atoms with Crippen molar-refractivity contribution in [3.63, 3.8) is 0 Å². The maximum Gasteiger partial charge on any atom is 0.321 e. The molecule has 3 atom stereocenters. The Hall–Kier alpha value is -1.78. The van der Waals surface area contributed by atoms with Crippen molar-refractivity contribution in [3.05, 3.63) is 11.9 Å². The molecule has 9 nitrogen and oxygen atoms in total. The van der Waals surface area contributed by atoms with Gasteiger partial charge in [-0.2, -0.15) is 0 Å². The summed E-state index contributed by atoms with van der Waals surface area (Å²) in [5.74, 6) is -2.49. The fraction of sp³-hybridized carbons (Fsp3) is 0.545. The summed E-state index contributed by atoms with van der Waals surface area (Å²) in [5.41, 5.74) is 5.81. The number of carbonyl (C=O) groups is 2. The first kappa shape index (κ1) is 17.3. The van der Waals surface area contributed by atoms with Gasteiger partial charge in [-0.25, -0.2) is 4.98 Å². The predicted octanol–water partition coefficient (Wildman–Crippen LogP) is -1.51. The highest BCUT2D eigenvalue weighted by Gasteiger charge is 2.23. The number of H-pyrrole nitrogens is 1. The molecule has 0 aliphatic heterocycles. The topological polar surface area (TPSA) is 150 Å². The lowest BCUT2D eigenvalue weighted by atomic mass is 10.1. The van der Waals surface area contributed by atoms with E-state index in [1.54, 1.807) is 19.0 Å². The van der Waals surface area contributed by atoms with E-state index in [-0.39, 0.29) is 17.3 Å². The molecule has 0 aromatic carbocycles. The first-order valence-electron chi connectivity index (χ1n) is 6.02. The number of nitrogens with zero attached hydrogens (tertiary/aromatic N) is 2. The van der Waals surface area contributed by atoms with Crippen LogP contribution in [-0.4, -0.2) is 73.2 Å². The zero-order chi connectivity index (χ0) is 16.2. The van der Waals surface area contributed by atoms with E-state index >= 15 is 0 Å². The molecular formula is C11H18N4O5S. The van der Waals surface area contributed by atoms with Crippen LogP contribution >= 0.6 is 0 Å². The summed E-state index contributed by atoms with van der Waals surface area (Å²) in [6.07, 6.45) is 1.55. The number of likely N-dealkylation sites (N-methyl/N-ethyl adjacent to an activating group) is 1. The molecule has 1 aromatic rings. The maximum atomic E-state index is 11.9. The number of aliphatic carboxylic acids is 2. The van der Waals surface area contributed by atoms with E-state index in [0.29, 0.717) is 5.69 Å². The van der Waals surface area contributed by atoms with Gasteiger partial charge >= 0.3 is 11.9 Å². The highest BCUT2D eigenvalue weighted by Crippen LogP contribution is 2.08. The lowest BCUT2D eigenvalue weighted by Crippen LogP contribution is -2.37. The number of nitrogens with two attached hydrogens (primary N) is 1. The highest BCUT2D eigenvalue weighted by molar-refractivity contribution is 7.84. The van der Waals surface area contributed by atoms with Crippen molar-refractivity contribution in [2.45, 2.75) is 23.7 Å². The molecule has 0 radical (unpaired) electrons. The third-order valence-electron chi connectivity index (χ3n) is 2.79. The van der Waals surface area contributed by atoms with E-state index in [9.17, 15) is 13.8 Å². The van der Waals surface area contributed by atoms with Gasteiger partial charge in [0.2, 0.25) is 0 Å². The third-order valence-corrected chi connectivity index (χ3v) is 4.09. The van der Waals surface area contributed by atoms with Crippen molar-refractivity contribution in [2.75, 3.05) is 19.8 Å². The van der Waals surface area contributed by atoms with Crippen molar-refractivity contribution in [1.29, 1.82) is 0 Å². The van der Waals surface area contributed by atoms with Crippen molar-refractivity contribution < 1.29 is 24.0 Å². The zero-order valence-electron chi connectivity index (χ0n) is 11.6. The number of carboxylic acids is 2. The van der Waals surface area contributed by atoms with Gasteiger partial charge in [0.1, 0.15) is 12.1 Å². The minimum absolute atomic E-state index is 0.0876. The largest absolute Gasteiger partial charge is 0.480 e. The summed E-state index contributed by atoms with van der Waals surface area (Å²) in [4.78, 5) is 29.9. The Morgan fingerprint density at radius 1 is 1.43 bits per heavy atom. The molecule has 5 N–H and O–H groups in total. The standard InChI is InChI=1S/C11H18N4O5S/c1-15(2)8(10(18)19)3-6-4-13-11(14-6)21(20)5-7(12)9(16)17/h4,7-8H,3,5,12H2,1-2H3,(H,13,14)(H,16,17)(H,18,19)/t7-,8-,21?/m0/s1. The normalized spacial score (nSPS) is 15.6. The Bertz CT molecular complexity index is 544. The van der Waals surface area contributed by atoms with Gasteiger partial charge in [-0.3, -0.25) is 18.7 Å². The molecular weight excluding hydrogens is 300 g/mol. The summed E-state index contributed by atoms with van der Waals surface area (Å²) in [6.45, 7) is 0. The fourth-order valence-electron chi connectivity index (χ4n) is 1.57. The molecule has 0 aliphatic rings. The van der Waals surface area contributed by atoms with Crippen LogP contribution in [0, 0.1) is 0 Å². The number of rotatable bonds is 8. The fourth-order valence-corrected chi connectivity index (χ4v) is 2.61. The van der Waals surface area contributed by atoms with Crippen LogP contribution in [0.1, 0.15) is 5.69 Å². The number of nitrogens with one attached hydrogen (secondary N) is 1. The van der Waals surface area contributed by atoms with Crippen LogP contribution in [0.3, 0.4) is 0 Å². The highest BCUT2D eigenvalue weighted by atomic mass is 32.2. The molecule has 0 amide bonds. The number of aromatic amines is 1. The van der Waals surface area contributed by atoms with Crippen LogP contribution < -0.4 is 5.73 Å². The van der Waals surface area contributed by atoms with Crippen LogP contribution in [-0.2, 0) is 26.8 Å². The van der Waals surface area contributed by atoms with Crippen molar-refractivity contribution in [2.24, 2.45) is 5.73 Å². The van der Waals surface area contributed by atoms with Crippen molar-refractivity contribution in [3.8, 4) is 0 Å². The quantitative estimate of drug-likeness (QED) is 0.451. The van der Waals surface area contributed by atoms with Gasteiger partial charge in [-0.15, -0.1) is 0 Å². The molecule has 10 heteroatoms. The van der Waals surface area contributed by atoms with Crippen LogP contribution in [0.15, 0.2) is 11.4 Å². The van der Waals surface area contributed by atoms with Gasteiger partial charge in [0, 0.05) is 18.3 Å². The number of hydrogen-bond donors (Lipinski definition) is 4. The van der Waals surface area contributed by atoms with Crippen LogP contribution in [0.2, 0.25) is 0 Å². The van der Waals surface area contributed by atoms with Crippen LogP contribution in [0.25, 0.3) is 0 Å². The van der Waals surface area contributed by atoms with Gasteiger partial charge in [0.05, 0.1) is 16.6 Å². The smallest absolute Gasteiger partial charge is 0.321 e. The molecule has 0 spiro atoms. The molecule has 1 heterocycles. The van der Waals surface area contributed by atoms with Crippen molar-refractivity contribution in [1.82, 2.24) is 14.9 Å². The second kappa shape index (κ2) is 7.29. The van der Waals surface area contributed by atoms with Gasteiger partial charge in [0.15, 0.2) is 5.16 Å². The summed E-state index contributed by atoms with van der Waals surface area (Å²) in [7, 11) is 1.59. The minimum atomic E-state index is -1.68. The van der Waals surface area contributed by atoms with Gasteiger partial charge in [0.25, 0.3) is 0 Å². The number of carboxylic acid groups (broad SMARTS) is 2. The van der Waals surface area contributed by atoms with Crippen molar-refractivity contribution >= 4 is 22.7 Å². The second-order valence-corrected chi connectivity index (χ2v) is 6.10. The molecule has 0 bridgehead atoms. The molecule has 0 saturated heterocycles.